The van der Waals surface area contributed by atoms with Gasteiger partial charge in [-0.1, -0.05) is 30.3 Å². The number of hydrogen-bond acceptors (Lipinski definition) is 2. The van der Waals surface area contributed by atoms with Crippen LogP contribution in [0, 0.1) is 6.92 Å². The molecule has 0 aliphatic rings. The number of aromatic nitrogens is 2. The summed E-state index contributed by atoms with van der Waals surface area (Å²) >= 11 is 0. The number of nitrogens with one attached hydrogen (secondary N) is 2. The van der Waals surface area contributed by atoms with E-state index in [0.29, 0.717) is 0 Å². The maximum atomic E-state index is 11.8. The average Bonchev–Trinajstić information content (AvgIpc) is 2.83. The molecule has 0 aliphatic heterocycles. The number of carbonyl (C=O) groups is 1. The minimum Gasteiger partial charge on any atom is -0.350 e. The molecule has 1 unspecified atom stereocenters. The fraction of sp³-hybridized carbons (Fsp3) is 0.250. The van der Waals surface area contributed by atoms with Gasteiger partial charge in [0, 0.05) is 24.2 Å². The van der Waals surface area contributed by atoms with E-state index >= 15 is 0 Å². The van der Waals surface area contributed by atoms with Gasteiger partial charge in [0.15, 0.2) is 0 Å². The molecule has 2 N–H and O–H groups in total. The summed E-state index contributed by atoms with van der Waals surface area (Å²) in [5.41, 5.74) is 3.00. The van der Waals surface area contributed by atoms with E-state index in [-0.39, 0.29) is 11.9 Å². The molecule has 1 aromatic carbocycles. The van der Waals surface area contributed by atoms with Crippen molar-refractivity contribution in [2.45, 2.75) is 26.3 Å². The summed E-state index contributed by atoms with van der Waals surface area (Å²) < 4.78 is 0. The first-order valence-electron chi connectivity index (χ1n) is 6.68. The molecule has 104 valence electrons. The molecule has 1 aromatic heterocycles. The van der Waals surface area contributed by atoms with Crippen LogP contribution in [-0.4, -0.2) is 22.1 Å². The maximum absolute atomic E-state index is 11.8. The second-order valence-electron chi connectivity index (χ2n) is 4.90. The topological polar surface area (TPSA) is 57.8 Å². The minimum atomic E-state index is -0.0892. The van der Waals surface area contributed by atoms with Crippen LogP contribution in [0.5, 0.6) is 0 Å². The SMILES string of the molecule is Cc1cc(CC(C)NC(=O)/C=C/c2ccccc2)n[nH]1. The molecule has 4 heteroatoms. The lowest BCUT2D eigenvalue weighted by atomic mass is 10.1. The van der Waals surface area contributed by atoms with Crippen LogP contribution in [0.1, 0.15) is 23.9 Å². The highest BCUT2D eigenvalue weighted by molar-refractivity contribution is 5.91. The summed E-state index contributed by atoms with van der Waals surface area (Å²) in [4.78, 5) is 11.8. The molecule has 0 saturated carbocycles. The van der Waals surface area contributed by atoms with E-state index in [1.807, 2.05) is 50.2 Å². The van der Waals surface area contributed by atoms with Gasteiger partial charge in [0.05, 0.1) is 5.69 Å². The zero-order chi connectivity index (χ0) is 14.4. The number of hydrogen-bond donors (Lipinski definition) is 2. The lowest BCUT2D eigenvalue weighted by Gasteiger charge is -2.10. The van der Waals surface area contributed by atoms with Crippen molar-refractivity contribution in [3.63, 3.8) is 0 Å². The Kier molecular flexibility index (Phi) is 4.71. The van der Waals surface area contributed by atoms with Gasteiger partial charge in [-0.15, -0.1) is 0 Å². The Balaban J connectivity index is 1.83. The fourth-order valence-electron chi connectivity index (χ4n) is 1.97. The molecule has 1 atom stereocenters. The van der Waals surface area contributed by atoms with E-state index in [2.05, 4.69) is 15.5 Å². The molecule has 2 aromatic rings. The Hall–Kier alpha value is -2.36. The summed E-state index contributed by atoms with van der Waals surface area (Å²) in [7, 11) is 0. The summed E-state index contributed by atoms with van der Waals surface area (Å²) in [6, 6.07) is 11.8. The van der Waals surface area contributed by atoms with Crippen LogP contribution in [0.4, 0.5) is 0 Å². The van der Waals surface area contributed by atoms with E-state index in [1.165, 1.54) is 0 Å². The number of benzene rings is 1. The van der Waals surface area contributed by atoms with Crippen LogP contribution < -0.4 is 5.32 Å². The molecule has 0 bridgehead atoms. The van der Waals surface area contributed by atoms with Gasteiger partial charge < -0.3 is 5.32 Å². The van der Waals surface area contributed by atoms with E-state index in [1.54, 1.807) is 12.2 Å². The zero-order valence-corrected chi connectivity index (χ0v) is 11.8. The first-order chi connectivity index (χ1) is 9.63. The van der Waals surface area contributed by atoms with Crippen LogP contribution in [-0.2, 0) is 11.2 Å². The Morgan fingerprint density at radius 3 is 2.80 bits per heavy atom. The van der Waals surface area contributed by atoms with E-state index in [9.17, 15) is 4.79 Å². The van der Waals surface area contributed by atoms with Gasteiger partial charge in [-0.2, -0.15) is 5.10 Å². The number of aromatic amines is 1. The quantitative estimate of drug-likeness (QED) is 0.819. The van der Waals surface area contributed by atoms with Crippen LogP contribution in [0.3, 0.4) is 0 Å². The first-order valence-corrected chi connectivity index (χ1v) is 6.68. The standard InChI is InChI=1S/C16H19N3O/c1-12(10-15-11-13(2)18-19-15)17-16(20)9-8-14-6-4-3-5-7-14/h3-9,11-12H,10H2,1-2H3,(H,17,20)(H,18,19)/b9-8+. The lowest BCUT2D eigenvalue weighted by molar-refractivity contribution is -0.117. The predicted octanol–water partition coefficient (Wildman–Crippen LogP) is 2.48. The predicted molar refractivity (Wildman–Crippen MR) is 80.1 cm³/mol. The van der Waals surface area contributed by atoms with Crippen molar-refractivity contribution in [3.8, 4) is 0 Å². The molecule has 1 amide bonds. The van der Waals surface area contributed by atoms with Crippen molar-refractivity contribution >= 4 is 12.0 Å². The van der Waals surface area contributed by atoms with Crippen LogP contribution in [0.25, 0.3) is 6.08 Å². The van der Waals surface area contributed by atoms with Gasteiger partial charge in [-0.3, -0.25) is 9.89 Å². The van der Waals surface area contributed by atoms with Crippen molar-refractivity contribution in [2.75, 3.05) is 0 Å². The molecule has 0 spiro atoms. The van der Waals surface area contributed by atoms with Crippen molar-refractivity contribution in [2.24, 2.45) is 0 Å². The highest BCUT2D eigenvalue weighted by Gasteiger charge is 2.07. The largest absolute Gasteiger partial charge is 0.350 e. The van der Waals surface area contributed by atoms with Gasteiger partial charge in [-0.05, 0) is 31.6 Å². The van der Waals surface area contributed by atoms with Crippen molar-refractivity contribution < 1.29 is 4.79 Å². The summed E-state index contributed by atoms with van der Waals surface area (Å²) in [6.07, 6.45) is 4.08. The average molecular weight is 269 g/mol. The first kappa shape index (κ1) is 14.1. The third kappa shape index (κ3) is 4.39. The molecule has 20 heavy (non-hydrogen) atoms. The van der Waals surface area contributed by atoms with Crippen LogP contribution in [0.2, 0.25) is 0 Å². The molecule has 4 nitrogen and oxygen atoms in total. The highest BCUT2D eigenvalue weighted by Crippen LogP contribution is 2.03. The molecule has 0 aliphatic carbocycles. The molecule has 0 saturated heterocycles. The molecular weight excluding hydrogens is 250 g/mol. The van der Waals surface area contributed by atoms with Crippen molar-refractivity contribution in [3.05, 3.63) is 59.4 Å². The van der Waals surface area contributed by atoms with Gasteiger partial charge in [0.2, 0.25) is 5.91 Å². The number of amides is 1. The summed E-state index contributed by atoms with van der Waals surface area (Å²) in [6.45, 7) is 3.93. The molecular formula is C16H19N3O. The monoisotopic (exact) mass is 269 g/mol. The van der Waals surface area contributed by atoms with Crippen LogP contribution >= 0.6 is 0 Å². The Labute approximate surface area is 118 Å². The number of carbonyl (C=O) groups excluding carboxylic acids is 1. The van der Waals surface area contributed by atoms with Gasteiger partial charge in [0.25, 0.3) is 0 Å². The fourth-order valence-corrected chi connectivity index (χ4v) is 1.97. The summed E-state index contributed by atoms with van der Waals surface area (Å²) in [5, 5.41) is 9.99. The Morgan fingerprint density at radius 2 is 2.15 bits per heavy atom. The van der Waals surface area contributed by atoms with Crippen LogP contribution in [0.15, 0.2) is 42.5 Å². The van der Waals surface area contributed by atoms with Gasteiger partial charge in [0.1, 0.15) is 0 Å². The van der Waals surface area contributed by atoms with Gasteiger partial charge >= 0.3 is 0 Å². The number of nitrogens with zero attached hydrogens (tertiary/aromatic N) is 1. The van der Waals surface area contributed by atoms with E-state index in [4.69, 9.17) is 0 Å². The maximum Gasteiger partial charge on any atom is 0.244 e. The molecule has 2 rings (SSSR count). The number of H-pyrrole nitrogens is 1. The highest BCUT2D eigenvalue weighted by atomic mass is 16.1. The third-order valence-corrected chi connectivity index (χ3v) is 2.89. The van der Waals surface area contributed by atoms with Gasteiger partial charge in [-0.25, -0.2) is 0 Å². The van der Waals surface area contributed by atoms with E-state index in [0.717, 1.165) is 23.4 Å². The van der Waals surface area contributed by atoms with E-state index < -0.39 is 0 Å². The van der Waals surface area contributed by atoms with Crippen molar-refractivity contribution in [1.82, 2.24) is 15.5 Å². The Bertz CT molecular complexity index is 587. The third-order valence-electron chi connectivity index (χ3n) is 2.89. The molecule has 0 radical (unpaired) electrons. The summed E-state index contributed by atoms with van der Waals surface area (Å²) in [5.74, 6) is -0.0892. The number of rotatable bonds is 5. The molecule has 1 heterocycles. The second-order valence-corrected chi connectivity index (χ2v) is 4.90. The normalized spacial score (nSPS) is 12.5. The second kappa shape index (κ2) is 6.70. The Morgan fingerprint density at radius 1 is 1.40 bits per heavy atom. The number of aryl methyl sites for hydroxylation is 1. The molecule has 0 fully saturated rings. The van der Waals surface area contributed by atoms with Crippen molar-refractivity contribution in [1.29, 1.82) is 0 Å². The lowest BCUT2D eigenvalue weighted by Crippen LogP contribution is -2.32. The minimum absolute atomic E-state index is 0.0469. The smallest absolute Gasteiger partial charge is 0.244 e. The zero-order valence-electron chi connectivity index (χ0n) is 11.8.